The number of nitrogens with two attached hydrogens (primary N) is 1. The maximum atomic E-state index is 5.88. The molecule has 16 heavy (non-hydrogen) atoms. The minimum atomic E-state index is 0.649. The minimum absolute atomic E-state index is 0.649. The second-order valence-electron chi connectivity index (χ2n) is 3.53. The van der Waals surface area contributed by atoms with Crippen molar-refractivity contribution < 1.29 is 4.74 Å². The van der Waals surface area contributed by atoms with Crippen molar-refractivity contribution >= 4 is 21.6 Å². The molecule has 0 aliphatic heterocycles. The fraction of sp³-hybridized carbons (Fsp3) is 0.0769. The zero-order valence-electron chi connectivity index (χ0n) is 8.91. The van der Waals surface area contributed by atoms with Gasteiger partial charge in [-0.05, 0) is 46.6 Å². The van der Waals surface area contributed by atoms with Gasteiger partial charge in [0.05, 0.1) is 10.2 Å². The van der Waals surface area contributed by atoms with E-state index in [-0.39, 0.29) is 0 Å². The van der Waals surface area contributed by atoms with Crippen molar-refractivity contribution in [3.63, 3.8) is 0 Å². The molecule has 0 bridgehead atoms. The van der Waals surface area contributed by atoms with E-state index in [0.29, 0.717) is 5.69 Å². The lowest BCUT2D eigenvalue weighted by Gasteiger charge is -2.12. The Labute approximate surface area is 103 Å². The van der Waals surface area contributed by atoms with Crippen molar-refractivity contribution in [2.75, 3.05) is 5.73 Å². The summed E-state index contributed by atoms with van der Waals surface area (Å²) in [5.41, 5.74) is 7.55. The van der Waals surface area contributed by atoms with Crippen LogP contribution < -0.4 is 10.5 Å². The molecule has 3 heteroatoms. The number of rotatable bonds is 2. The van der Waals surface area contributed by atoms with Crippen LogP contribution in [-0.2, 0) is 0 Å². The van der Waals surface area contributed by atoms with E-state index < -0.39 is 0 Å². The topological polar surface area (TPSA) is 35.2 Å². The van der Waals surface area contributed by atoms with Gasteiger partial charge in [0, 0.05) is 0 Å². The van der Waals surface area contributed by atoms with Crippen molar-refractivity contribution in [3.8, 4) is 11.5 Å². The molecule has 0 amide bonds. The lowest BCUT2D eigenvalue weighted by molar-refractivity contribution is 0.478. The van der Waals surface area contributed by atoms with Crippen LogP contribution in [0.4, 0.5) is 5.69 Å². The van der Waals surface area contributed by atoms with E-state index in [9.17, 15) is 0 Å². The zero-order chi connectivity index (χ0) is 11.5. The Hall–Kier alpha value is -1.48. The van der Waals surface area contributed by atoms with Gasteiger partial charge in [0.1, 0.15) is 5.75 Å². The van der Waals surface area contributed by atoms with E-state index >= 15 is 0 Å². The van der Waals surface area contributed by atoms with Crippen LogP contribution in [0.1, 0.15) is 5.56 Å². The lowest BCUT2D eigenvalue weighted by Crippen LogP contribution is -1.94. The van der Waals surface area contributed by atoms with Gasteiger partial charge in [-0.3, -0.25) is 0 Å². The summed E-state index contributed by atoms with van der Waals surface area (Å²) in [6.45, 7) is 1.97. The molecule has 0 saturated carbocycles. The maximum absolute atomic E-state index is 5.88. The van der Waals surface area contributed by atoms with Crippen LogP contribution >= 0.6 is 15.9 Å². The third-order valence-electron chi connectivity index (χ3n) is 2.29. The van der Waals surface area contributed by atoms with Crippen LogP contribution in [0.15, 0.2) is 46.9 Å². The monoisotopic (exact) mass is 277 g/mol. The number of hydrogen-bond donors (Lipinski definition) is 1. The van der Waals surface area contributed by atoms with Crippen molar-refractivity contribution in [2.45, 2.75) is 6.92 Å². The average molecular weight is 278 g/mol. The van der Waals surface area contributed by atoms with Crippen LogP contribution in [0, 0.1) is 6.92 Å². The molecule has 0 unspecified atom stereocenters. The molecule has 0 saturated heterocycles. The molecule has 2 rings (SSSR count). The molecule has 2 nitrogen and oxygen atoms in total. The van der Waals surface area contributed by atoms with Gasteiger partial charge in [-0.1, -0.05) is 24.3 Å². The third kappa shape index (κ3) is 2.19. The van der Waals surface area contributed by atoms with Gasteiger partial charge in [0.25, 0.3) is 0 Å². The lowest BCUT2D eigenvalue weighted by atomic mass is 10.2. The highest BCUT2D eigenvalue weighted by molar-refractivity contribution is 9.10. The first-order chi connectivity index (χ1) is 7.68. The number of benzene rings is 2. The van der Waals surface area contributed by atoms with E-state index in [0.717, 1.165) is 21.5 Å². The molecule has 2 aromatic carbocycles. The molecule has 0 spiro atoms. The van der Waals surface area contributed by atoms with E-state index in [2.05, 4.69) is 15.9 Å². The molecule has 0 aliphatic rings. The Bertz CT molecular complexity index is 491. The Balaban J connectivity index is 2.38. The Kier molecular flexibility index (Phi) is 3.15. The van der Waals surface area contributed by atoms with Crippen molar-refractivity contribution in [2.24, 2.45) is 0 Å². The van der Waals surface area contributed by atoms with Gasteiger partial charge in [0.2, 0.25) is 0 Å². The second-order valence-corrected chi connectivity index (χ2v) is 4.38. The molecule has 0 heterocycles. The van der Waals surface area contributed by atoms with Gasteiger partial charge in [-0.2, -0.15) is 0 Å². The highest BCUT2D eigenvalue weighted by Crippen LogP contribution is 2.34. The Morgan fingerprint density at radius 1 is 1.06 bits per heavy atom. The summed E-state index contributed by atoms with van der Waals surface area (Å²) in [4.78, 5) is 0. The summed E-state index contributed by atoms with van der Waals surface area (Å²) in [6.07, 6.45) is 0. The van der Waals surface area contributed by atoms with Crippen molar-refractivity contribution in [1.29, 1.82) is 0 Å². The first kappa shape index (κ1) is 11.0. The summed E-state index contributed by atoms with van der Waals surface area (Å²) >= 11 is 3.44. The molecule has 2 N–H and O–H groups in total. The van der Waals surface area contributed by atoms with E-state index in [4.69, 9.17) is 10.5 Å². The second kappa shape index (κ2) is 4.58. The Morgan fingerprint density at radius 2 is 1.81 bits per heavy atom. The van der Waals surface area contributed by atoms with E-state index in [1.807, 2.05) is 49.4 Å². The van der Waals surface area contributed by atoms with E-state index in [1.54, 1.807) is 0 Å². The summed E-state index contributed by atoms with van der Waals surface area (Å²) < 4.78 is 6.71. The van der Waals surface area contributed by atoms with Crippen LogP contribution in [0.25, 0.3) is 0 Å². The van der Waals surface area contributed by atoms with Gasteiger partial charge in [-0.25, -0.2) is 0 Å². The molecule has 0 aromatic heterocycles. The first-order valence-electron chi connectivity index (χ1n) is 4.96. The van der Waals surface area contributed by atoms with Crippen molar-refractivity contribution in [3.05, 3.63) is 52.5 Å². The number of para-hydroxylation sites is 2. The highest BCUT2D eigenvalue weighted by atomic mass is 79.9. The number of halogens is 1. The van der Waals surface area contributed by atoms with Gasteiger partial charge >= 0.3 is 0 Å². The molecule has 0 aliphatic carbocycles. The molecule has 82 valence electrons. The van der Waals surface area contributed by atoms with Gasteiger partial charge in [-0.15, -0.1) is 0 Å². The standard InChI is InChI=1S/C13H12BrNO/c1-9-5-4-7-11(15)13(9)16-12-8-3-2-6-10(12)14/h2-8H,15H2,1H3. The molecule has 0 fully saturated rings. The summed E-state index contributed by atoms with van der Waals surface area (Å²) in [7, 11) is 0. The quantitative estimate of drug-likeness (QED) is 0.838. The van der Waals surface area contributed by atoms with Crippen LogP contribution in [-0.4, -0.2) is 0 Å². The SMILES string of the molecule is Cc1cccc(N)c1Oc1ccccc1Br. The average Bonchev–Trinajstić information content (AvgIpc) is 2.26. The predicted octanol–water partition coefficient (Wildman–Crippen LogP) is 4.13. The largest absolute Gasteiger partial charge is 0.454 e. The van der Waals surface area contributed by atoms with Crippen LogP contribution in [0.3, 0.4) is 0 Å². The third-order valence-corrected chi connectivity index (χ3v) is 2.95. The van der Waals surface area contributed by atoms with Crippen molar-refractivity contribution in [1.82, 2.24) is 0 Å². The molecular formula is C13H12BrNO. The molecule has 0 atom stereocenters. The maximum Gasteiger partial charge on any atom is 0.153 e. The fourth-order valence-electron chi connectivity index (χ4n) is 1.45. The number of anilines is 1. The smallest absolute Gasteiger partial charge is 0.153 e. The van der Waals surface area contributed by atoms with Crippen LogP contribution in [0.5, 0.6) is 11.5 Å². The number of nitrogen functional groups attached to an aromatic ring is 1. The zero-order valence-corrected chi connectivity index (χ0v) is 10.5. The highest BCUT2D eigenvalue weighted by Gasteiger charge is 2.07. The van der Waals surface area contributed by atoms with Crippen LogP contribution in [0.2, 0.25) is 0 Å². The molecule has 2 aromatic rings. The Morgan fingerprint density at radius 3 is 2.50 bits per heavy atom. The van der Waals surface area contributed by atoms with E-state index in [1.165, 1.54) is 0 Å². The fourth-order valence-corrected chi connectivity index (χ4v) is 1.82. The predicted molar refractivity (Wildman–Crippen MR) is 69.8 cm³/mol. The summed E-state index contributed by atoms with van der Waals surface area (Å²) in [5, 5.41) is 0. The summed E-state index contributed by atoms with van der Waals surface area (Å²) in [6, 6.07) is 13.4. The summed E-state index contributed by atoms with van der Waals surface area (Å²) in [5.74, 6) is 1.48. The normalized spacial score (nSPS) is 10.1. The molecular weight excluding hydrogens is 266 g/mol. The molecule has 0 radical (unpaired) electrons. The number of hydrogen-bond acceptors (Lipinski definition) is 2. The number of ether oxygens (including phenoxy) is 1. The minimum Gasteiger partial charge on any atom is -0.454 e. The van der Waals surface area contributed by atoms with Gasteiger partial charge in [0.15, 0.2) is 5.75 Å². The number of aryl methyl sites for hydroxylation is 1. The first-order valence-corrected chi connectivity index (χ1v) is 5.75. The van der Waals surface area contributed by atoms with Gasteiger partial charge < -0.3 is 10.5 Å².